The molecule has 3 rings (SSSR count). The molecule has 1 unspecified atom stereocenters. The Bertz CT molecular complexity index is 580. The van der Waals surface area contributed by atoms with Crippen molar-refractivity contribution in [3.8, 4) is 0 Å². The van der Waals surface area contributed by atoms with Crippen LogP contribution in [0.15, 0.2) is 24.3 Å². The predicted molar refractivity (Wildman–Crippen MR) is 85.1 cm³/mol. The number of halogens is 3. The maximum absolute atomic E-state index is 6.59. The van der Waals surface area contributed by atoms with Crippen molar-refractivity contribution in [2.24, 2.45) is 0 Å². The lowest BCUT2D eigenvalue weighted by Crippen LogP contribution is -1.96. The van der Waals surface area contributed by atoms with Crippen molar-refractivity contribution in [3.05, 3.63) is 55.2 Å². The largest absolute Gasteiger partial charge is 0.143 e. The van der Waals surface area contributed by atoms with Gasteiger partial charge in [0.25, 0.3) is 0 Å². The van der Waals surface area contributed by atoms with Crippen molar-refractivity contribution in [2.45, 2.75) is 31.1 Å². The molecule has 0 amide bonds. The van der Waals surface area contributed by atoms with Gasteiger partial charge in [0.05, 0.1) is 5.38 Å². The number of fused-ring (bicyclic) bond motifs is 1. The highest BCUT2D eigenvalue weighted by atomic mass is 35.5. The standard InChI is InChI=1S/C15H13Cl3S/c16-10-5-6-11(12(17)8-10)15(18)14-7-9-3-1-2-4-13(9)19-14/h5-8,15H,1-4H2. The second-order valence-corrected chi connectivity index (χ2v) is 7.28. The number of aryl methyl sites for hydroxylation is 2. The Labute approximate surface area is 132 Å². The van der Waals surface area contributed by atoms with Crippen molar-refractivity contribution in [1.29, 1.82) is 0 Å². The van der Waals surface area contributed by atoms with Crippen LogP contribution in [0, 0.1) is 0 Å². The minimum atomic E-state index is -0.180. The Morgan fingerprint density at radius 2 is 1.84 bits per heavy atom. The lowest BCUT2D eigenvalue weighted by Gasteiger charge is -2.10. The zero-order chi connectivity index (χ0) is 13.4. The molecule has 1 atom stereocenters. The summed E-state index contributed by atoms with van der Waals surface area (Å²) < 4.78 is 0. The molecule has 0 saturated carbocycles. The summed E-state index contributed by atoms with van der Waals surface area (Å²) in [7, 11) is 0. The summed E-state index contributed by atoms with van der Waals surface area (Å²) in [5.41, 5.74) is 2.41. The minimum Gasteiger partial charge on any atom is -0.143 e. The van der Waals surface area contributed by atoms with E-state index in [1.165, 1.54) is 41.0 Å². The van der Waals surface area contributed by atoms with Gasteiger partial charge >= 0.3 is 0 Å². The Morgan fingerprint density at radius 3 is 2.58 bits per heavy atom. The highest BCUT2D eigenvalue weighted by molar-refractivity contribution is 7.12. The van der Waals surface area contributed by atoms with Gasteiger partial charge in [0, 0.05) is 19.8 Å². The van der Waals surface area contributed by atoms with E-state index in [0.717, 1.165) is 5.56 Å². The molecule has 19 heavy (non-hydrogen) atoms. The van der Waals surface area contributed by atoms with Gasteiger partial charge in [-0.25, -0.2) is 0 Å². The third-order valence-corrected chi connectivity index (χ3v) is 5.96. The highest BCUT2D eigenvalue weighted by Gasteiger charge is 2.20. The van der Waals surface area contributed by atoms with Crippen LogP contribution in [-0.2, 0) is 12.8 Å². The number of alkyl halides is 1. The second kappa shape index (κ2) is 5.65. The van der Waals surface area contributed by atoms with Crippen molar-refractivity contribution < 1.29 is 0 Å². The fraction of sp³-hybridized carbons (Fsp3) is 0.333. The van der Waals surface area contributed by atoms with E-state index in [1.54, 1.807) is 6.07 Å². The van der Waals surface area contributed by atoms with Gasteiger partial charge in [0.2, 0.25) is 0 Å². The first-order valence-corrected chi connectivity index (χ1v) is 8.36. The van der Waals surface area contributed by atoms with Crippen LogP contribution in [-0.4, -0.2) is 0 Å². The average Bonchev–Trinajstić information content (AvgIpc) is 2.81. The van der Waals surface area contributed by atoms with Crippen LogP contribution in [0.2, 0.25) is 10.0 Å². The summed E-state index contributed by atoms with van der Waals surface area (Å²) in [5.74, 6) is 0. The van der Waals surface area contributed by atoms with Crippen LogP contribution in [0.4, 0.5) is 0 Å². The topological polar surface area (TPSA) is 0 Å². The summed E-state index contributed by atoms with van der Waals surface area (Å²) in [6.45, 7) is 0. The van der Waals surface area contributed by atoms with E-state index in [0.29, 0.717) is 10.0 Å². The molecule has 4 heteroatoms. The Balaban J connectivity index is 1.94. The van der Waals surface area contributed by atoms with Crippen LogP contribution in [0.5, 0.6) is 0 Å². The van der Waals surface area contributed by atoms with Crippen molar-refractivity contribution in [3.63, 3.8) is 0 Å². The summed E-state index contributed by atoms with van der Waals surface area (Å²) >= 11 is 20.6. The average molecular weight is 332 g/mol. The minimum absolute atomic E-state index is 0.180. The van der Waals surface area contributed by atoms with E-state index in [4.69, 9.17) is 34.8 Å². The van der Waals surface area contributed by atoms with E-state index >= 15 is 0 Å². The molecule has 0 spiro atoms. The van der Waals surface area contributed by atoms with Crippen LogP contribution in [0.25, 0.3) is 0 Å². The first-order valence-electron chi connectivity index (χ1n) is 6.35. The molecule has 2 aromatic rings. The smallest absolute Gasteiger partial charge is 0.0942 e. The Morgan fingerprint density at radius 1 is 1.05 bits per heavy atom. The molecule has 0 aliphatic heterocycles. The van der Waals surface area contributed by atoms with Gasteiger partial charge in [0.1, 0.15) is 0 Å². The molecule has 1 aromatic heterocycles. The quantitative estimate of drug-likeness (QED) is 0.569. The van der Waals surface area contributed by atoms with Crippen molar-refractivity contribution in [2.75, 3.05) is 0 Å². The van der Waals surface area contributed by atoms with Crippen molar-refractivity contribution in [1.82, 2.24) is 0 Å². The molecular weight excluding hydrogens is 319 g/mol. The fourth-order valence-electron chi connectivity index (χ4n) is 2.50. The maximum atomic E-state index is 6.59. The number of hydrogen-bond donors (Lipinski definition) is 0. The molecule has 1 aliphatic carbocycles. The number of hydrogen-bond acceptors (Lipinski definition) is 1. The molecule has 0 saturated heterocycles. The summed E-state index contributed by atoms with van der Waals surface area (Å²) in [4.78, 5) is 2.69. The van der Waals surface area contributed by atoms with Crippen LogP contribution in [0.3, 0.4) is 0 Å². The molecular formula is C15H13Cl3S. The third-order valence-electron chi connectivity index (χ3n) is 3.50. The molecule has 0 fully saturated rings. The van der Waals surface area contributed by atoms with E-state index in [2.05, 4.69) is 6.07 Å². The van der Waals surface area contributed by atoms with Crippen molar-refractivity contribution >= 4 is 46.1 Å². The van der Waals surface area contributed by atoms with Crippen LogP contribution in [0.1, 0.15) is 39.1 Å². The van der Waals surface area contributed by atoms with Crippen LogP contribution < -0.4 is 0 Å². The number of rotatable bonds is 2. The lowest BCUT2D eigenvalue weighted by atomic mass is 9.99. The number of benzene rings is 1. The van der Waals surface area contributed by atoms with E-state index < -0.39 is 0 Å². The van der Waals surface area contributed by atoms with Gasteiger partial charge in [-0.1, -0.05) is 29.3 Å². The molecule has 0 bridgehead atoms. The molecule has 0 N–H and O–H groups in total. The summed E-state index contributed by atoms with van der Waals surface area (Å²) in [5, 5.41) is 1.10. The predicted octanol–water partition coefficient (Wildman–Crippen LogP) is 6.26. The monoisotopic (exact) mass is 330 g/mol. The normalized spacial score (nSPS) is 16.2. The second-order valence-electron chi connectivity index (χ2n) is 4.83. The maximum Gasteiger partial charge on any atom is 0.0942 e. The molecule has 1 heterocycles. The SMILES string of the molecule is Clc1ccc(C(Cl)c2cc3c(s2)CCCC3)c(Cl)c1. The molecule has 1 aromatic carbocycles. The Hall–Kier alpha value is -0.210. The van der Waals surface area contributed by atoms with Gasteiger partial charge in [-0.2, -0.15) is 0 Å². The summed E-state index contributed by atoms with van der Waals surface area (Å²) in [6, 6.07) is 7.76. The lowest BCUT2D eigenvalue weighted by molar-refractivity contribution is 0.697. The molecule has 0 radical (unpaired) electrons. The fourth-order valence-corrected chi connectivity index (χ4v) is 4.71. The molecule has 0 nitrogen and oxygen atoms in total. The zero-order valence-corrected chi connectivity index (χ0v) is 13.3. The van der Waals surface area contributed by atoms with E-state index in [9.17, 15) is 0 Å². The van der Waals surface area contributed by atoms with Gasteiger partial charge in [0.15, 0.2) is 0 Å². The van der Waals surface area contributed by atoms with E-state index in [-0.39, 0.29) is 5.38 Å². The first-order chi connectivity index (χ1) is 9.15. The Kier molecular flexibility index (Phi) is 4.09. The van der Waals surface area contributed by atoms with Crippen LogP contribution >= 0.6 is 46.1 Å². The molecule has 1 aliphatic rings. The summed E-state index contributed by atoms with van der Waals surface area (Å²) in [6.07, 6.45) is 4.96. The van der Waals surface area contributed by atoms with Gasteiger partial charge in [-0.15, -0.1) is 22.9 Å². The number of thiophene rings is 1. The highest BCUT2D eigenvalue weighted by Crippen LogP contribution is 2.41. The first kappa shape index (κ1) is 13.8. The third kappa shape index (κ3) is 2.80. The zero-order valence-electron chi connectivity index (χ0n) is 10.3. The van der Waals surface area contributed by atoms with Gasteiger partial charge in [-0.05, 0) is 55.0 Å². The van der Waals surface area contributed by atoms with Gasteiger partial charge in [-0.3, -0.25) is 0 Å². The molecule has 100 valence electrons. The van der Waals surface area contributed by atoms with Gasteiger partial charge < -0.3 is 0 Å². The van der Waals surface area contributed by atoms with E-state index in [1.807, 2.05) is 23.5 Å².